The van der Waals surface area contributed by atoms with Crippen LogP contribution >= 0.6 is 27.5 Å². The zero-order valence-corrected chi connectivity index (χ0v) is 7.54. The third-order valence-corrected chi connectivity index (χ3v) is 1.55. The number of hydrogen-bond donors (Lipinski definition) is 1. The highest BCUT2D eigenvalue weighted by atomic mass is 79.9. The van der Waals surface area contributed by atoms with E-state index >= 15 is 0 Å². The maximum absolute atomic E-state index is 8.22. The molecule has 1 rings (SSSR count). The molecule has 1 aromatic rings. The molecule has 0 radical (unpaired) electrons. The van der Waals surface area contributed by atoms with Gasteiger partial charge in [0.05, 0.1) is 4.47 Å². The van der Waals surface area contributed by atoms with Gasteiger partial charge in [-0.25, -0.2) is 9.97 Å². The van der Waals surface area contributed by atoms with Gasteiger partial charge in [0.1, 0.15) is 0 Å². The molecule has 0 saturated heterocycles. The van der Waals surface area contributed by atoms with Crippen LogP contribution in [0.1, 0.15) is 5.82 Å². The summed E-state index contributed by atoms with van der Waals surface area (Å²) < 4.78 is 0.739. The van der Waals surface area contributed by atoms with Gasteiger partial charge in [-0.15, -0.1) is 0 Å². The van der Waals surface area contributed by atoms with Crippen LogP contribution in [0.4, 0.5) is 0 Å². The van der Waals surface area contributed by atoms with Crippen LogP contribution in [0, 0.1) is 0 Å². The molecule has 0 spiro atoms. The summed E-state index contributed by atoms with van der Waals surface area (Å²) in [7, 11) is 0. The lowest BCUT2D eigenvalue weighted by Gasteiger charge is -1.92. The van der Waals surface area contributed by atoms with Crippen molar-refractivity contribution in [2.24, 2.45) is 5.16 Å². The van der Waals surface area contributed by atoms with Crippen LogP contribution in [0.25, 0.3) is 0 Å². The molecule has 0 amide bonds. The summed E-state index contributed by atoms with van der Waals surface area (Å²) in [5.41, 5.74) is 0. The van der Waals surface area contributed by atoms with E-state index < -0.39 is 0 Å². The van der Waals surface area contributed by atoms with Crippen molar-refractivity contribution in [3.8, 4) is 0 Å². The third-order valence-electron chi connectivity index (χ3n) is 0.893. The molecule has 11 heavy (non-hydrogen) atoms. The normalized spacial score (nSPS) is 11.6. The number of oxime groups is 1. The molecule has 1 aromatic heterocycles. The topological polar surface area (TPSA) is 58.4 Å². The van der Waals surface area contributed by atoms with Crippen LogP contribution in [-0.2, 0) is 0 Å². The van der Waals surface area contributed by atoms with Crippen LogP contribution in [0.15, 0.2) is 22.0 Å². The minimum atomic E-state index is -0.127. The summed E-state index contributed by atoms with van der Waals surface area (Å²) >= 11 is 8.55. The van der Waals surface area contributed by atoms with Gasteiger partial charge < -0.3 is 5.21 Å². The summed E-state index contributed by atoms with van der Waals surface area (Å²) in [5.74, 6) is 0.192. The number of aromatic nitrogens is 2. The van der Waals surface area contributed by atoms with E-state index in [-0.39, 0.29) is 11.0 Å². The highest BCUT2D eigenvalue weighted by Crippen LogP contribution is 2.05. The van der Waals surface area contributed by atoms with Crippen LogP contribution in [0.5, 0.6) is 0 Å². The molecule has 0 aliphatic heterocycles. The molecule has 0 fully saturated rings. The van der Waals surface area contributed by atoms with Crippen LogP contribution < -0.4 is 0 Å². The van der Waals surface area contributed by atoms with Crippen LogP contribution in [0.2, 0.25) is 0 Å². The smallest absolute Gasteiger partial charge is 0.212 e. The summed E-state index contributed by atoms with van der Waals surface area (Å²) in [5, 5.41) is 10.8. The Morgan fingerprint density at radius 1 is 1.55 bits per heavy atom. The molecule has 4 nitrogen and oxygen atoms in total. The molecule has 0 aliphatic rings. The highest BCUT2D eigenvalue weighted by molar-refractivity contribution is 9.10. The van der Waals surface area contributed by atoms with E-state index in [1.54, 1.807) is 0 Å². The van der Waals surface area contributed by atoms with Crippen molar-refractivity contribution in [1.29, 1.82) is 0 Å². The Bertz CT molecular complexity index is 274. The lowest BCUT2D eigenvalue weighted by atomic mass is 10.6. The van der Waals surface area contributed by atoms with E-state index in [1.165, 1.54) is 12.4 Å². The highest BCUT2D eigenvalue weighted by Gasteiger charge is 2.01. The van der Waals surface area contributed by atoms with E-state index in [0.717, 1.165) is 4.47 Å². The maximum Gasteiger partial charge on any atom is 0.212 e. The van der Waals surface area contributed by atoms with Gasteiger partial charge in [0.25, 0.3) is 0 Å². The van der Waals surface area contributed by atoms with E-state index in [9.17, 15) is 0 Å². The second-order valence-corrected chi connectivity index (χ2v) is 2.89. The molecule has 1 N–H and O–H groups in total. The minimum Gasteiger partial charge on any atom is -0.410 e. The van der Waals surface area contributed by atoms with E-state index in [4.69, 9.17) is 16.8 Å². The first-order valence-electron chi connectivity index (χ1n) is 2.59. The summed E-state index contributed by atoms with van der Waals surface area (Å²) in [4.78, 5) is 7.54. The molecule has 0 aliphatic carbocycles. The summed E-state index contributed by atoms with van der Waals surface area (Å²) in [6, 6.07) is 0. The van der Waals surface area contributed by atoms with Gasteiger partial charge in [-0.3, -0.25) is 0 Å². The molecular weight excluding hydrogens is 233 g/mol. The zero-order valence-electron chi connectivity index (χ0n) is 5.20. The van der Waals surface area contributed by atoms with Gasteiger partial charge in [-0.1, -0.05) is 16.8 Å². The Kier molecular flexibility index (Phi) is 2.78. The summed E-state index contributed by atoms with van der Waals surface area (Å²) in [6.45, 7) is 0. The van der Waals surface area contributed by atoms with Crippen molar-refractivity contribution in [3.05, 3.63) is 22.7 Å². The Labute approximate surface area is 76.1 Å². The number of halogens is 2. The second-order valence-electron chi connectivity index (χ2n) is 1.62. The average Bonchev–Trinajstić information content (AvgIpc) is 2.05. The van der Waals surface area contributed by atoms with E-state index in [1.807, 2.05) is 0 Å². The largest absolute Gasteiger partial charge is 0.410 e. The van der Waals surface area contributed by atoms with Crippen LogP contribution in [0.3, 0.4) is 0 Å². The fraction of sp³-hybridized carbons (Fsp3) is 0. The van der Waals surface area contributed by atoms with E-state index in [0.29, 0.717) is 0 Å². The van der Waals surface area contributed by atoms with Gasteiger partial charge in [0.2, 0.25) is 5.17 Å². The average molecular weight is 236 g/mol. The first kappa shape index (κ1) is 8.42. The predicted molar refractivity (Wildman–Crippen MR) is 43.9 cm³/mol. The fourth-order valence-corrected chi connectivity index (χ4v) is 0.766. The van der Waals surface area contributed by atoms with Gasteiger partial charge in [-0.05, 0) is 15.9 Å². The Morgan fingerprint density at radius 3 is 2.55 bits per heavy atom. The lowest BCUT2D eigenvalue weighted by Crippen LogP contribution is -1.98. The van der Waals surface area contributed by atoms with Crippen molar-refractivity contribution in [2.75, 3.05) is 0 Å². The van der Waals surface area contributed by atoms with Crippen molar-refractivity contribution >= 4 is 32.7 Å². The lowest BCUT2D eigenvalue weighted by molar-refractivity contribution is 0.320. The number of hydrogen-bond acceptors (Lipinski definition) is 4. The standard InChI is InChI=1S/C5H3BrClN3O/c6-3-1-8-5(9-2-3)4(7)10-11/h1-2,11H/b10-4+. The molecule has 0 unspecified atom stereocenters. The monoisotopic (exact) mass is 235 g/mol. The predicted octanol–water partition coefficient (Wildman–Crippen LogP) is 1.61. The minimum absolute atomic E-state index is 0.127. The maximum atomic E-state index is 8.22. The first-order valence-corrected chi connectivity index (χ1v) is 3.76. The molecule has 58 valence electrons. The molecular formula is C5H3BrClN3O. The third kappa shape index (κ3) is 2.13. The van der Waals surface area contributed by atoms with Crippen molar-refractivity contribution in [3.63, 3.8) is 0 Å². The van der Waals surface area contributed by atoms with E-state index in [2.05, 4.69) is 31.1 Å². The quantitative estimate of drug-likeness (QED) is 0.458. The molecule has 0 bridgehead atoms. The van der Waals surface area contributed by atoms with Crippen molar-refractivity contribution in [1.82, 2.24) is 9.97 Å². The fourth-order valence-electron chi connectivity index (χ4n) is 0.464. The first-order chi connectivity index (χ1) is 5.24. The number of nitrogens with zero attached hydrogens (tertiary/aromatic N) is 3. The van der Waals surface area contributed by atoms with Gasteiger partial charge in [0.15, 0.2) is 5.82 Å². The SMILES string of the molecule is O/N=C(/Cl)c1ncc(Br)cn1. The van der Waals surface area contributed by atoms with Crippen LogP contribution in [-0.4, -0.2) is 20.3 Å². The molecule has 0 saturated carbocycles. The van der Waals surface area contributed by atoms with Gasteiger partial charge in [0, 0.05) is 12.4 Å². The molecule has 6 heteroatoms. The van der Waals surface area contributed by atoms with Gasteiger partial charge in [-0.2, -0.15) is 0 Å². The Morgan fingerprint density at radius 2 is 2.09 bits per heavy atom. The molecule has 0 aromatic carbocycles. The zero-order chi connectivity index (χ0) is 8.27. The summed E-state index contributed by atoms with van der Waals surface area (Å²) in [6.07, 6.45) is 3.02. The Balaban J connectivity index is 2.99. The van der Waals surface area contributed by atoms with Crippen molar-refractivity contribution in [2.45, 2.75) is 0 Å². The van der Waals surface area contributed by atoms with Crippen molar-refractivity contribution < 1.29 is 5.21 Å². The van der Waals surface area contributed by atoms with Gasteiger partial charge >= 0.3 is 0 Å². The number of rotatable bonds is 1. The molecule has 1 heterocycles. The second kappa shape index (κ2) is 3.64. The molecule has 0 atom stereocenters. The Hall–Kier alpha value is -0.680.